The number of hydrogen-bond acceptors (Lipinski definition) is 3. The summed E-state index contributed by atoms with van der Waals surface area (Å²) in [4.78, 5) is -0.0915. The van der Waals surface area contributed by atoms with Crippen LogP contribution in [0.25, 0.3) is 0 Å². The van der Waals surface area contributed by atoms with Gasteiger partial charge in [0.1, 0.15) is 11.9 Å². The van der Waals surface area contributed by atoms with Crippen LogP contribution < -0.4 is 4.74 Å². The van der Waals surface area contributed by atoms with E-state index in [1.54, 1.807) is 6.07 Å². The number of benzene rings is 1. The molecule has 1 fully saturated rings. The Balaban J connectivity index is 2.07. The molecule has 1 heterocycles. The molecule has 0 aromatic heterocycles. The zero-order valence-electron chi connectivity index (χ0n) is 8.59. The second-order valence-electron chi connectivity index (χ2n) is 4.37. The van der Waals surface area contributed by atoms with Crippen molar-refractivity contribution in [1.82, 2.24) is 0 Å². The first kappa shape index (κ1) is 10.1. The summed E-state index contributed by atoms with van der Waals surface area (Å²) < 4.78 is 36.6. The van der Waals surface area contributed by atoms with Crippen molar-refractivity contribution in [2.24, 2.45) is 0 Å². The first-order valence-corrected chi connectivity index (χ1v) is 6.78. The SMILES string of the molecule is O=S(=O)(O)c1ccc2c(c1)OC1CCCC21. The molecule has 2 atom stereocenters. The Kier molecular flexibility index (Phi) is 2.03. The van der Waals surface area contributed by atoms with E-state index in [0.717, 1.165) is 24.8 Å². The smallest absolute Gasteiger partial charge is 0.294 e. The highest BCUT2D eigenvalue weighted by Gasteiger charge is 2.38. The maximum Gasteiger partial charge on any atom is 0.294 e. The maximum absolute atomic E-state index is 11.0. The molecule has 0 bridgehead atoms. The molecule has 0 amide bonds. The van der Waals surface area contributed by atoms with E-state index < -0.39 is 10.1 Å². The quantitative estimate of drug-likeness (QED) is 0.762. The molecule has 4 nitrogen and oxygen atoms in total. The van der Waals surface area contributed by atoms with E-state index in [0.29, 0.717) is 11.7 Å². The second kappa shape index (κ2) is 3.21. The Morgan fingerprint density at radius 1 is 1.31 bits per heavy atom. The number of rotatable bonds is 1. The van der Waals surface area contributed by atoms with Crippen LogP contribution >= 0.6 is 0 Å². The molecule has 1 aromatic rings. The Hall–Kier alpha value is -1.07. The van der Waals surface area contributed by atoms with Crippen LogP contribution in [0.3, 0.4) is 0 Å². The van der Waals surface area contributed by atoms with Crippen LogP contribution in [0, 0.1) is 0 Å². The minimum Gasteiger partial charge on any atom is -0.489 e. The highest BCUT2D eigenvalue weighted by atomic mass is 32.2. The monoisotopic (exact) mass is 240 g/mol. The lowest BCUT2D eigenvalue weighted by atomic mass is 9.98. The standard InChI is InChI=1S/C11H12O4S/c12-16(13,14)7-4-5-9-8-2-1-3-10(8)15-11(9)6-7/h4-6,8,10H,1-3H2,(H,12,13,14). The zero-order chi connectivity index (χ0) is 11.3. The average Bonchev–Trinajstić information content (AvgIpc) is 2.74. The van der Waals surface area contributed by atoms with Crippen molar-refractivity contribution in [2.75, 3.05) is 0 Å². The first-order valence-electron chi connectivity index (χ1n) is 5.34. The minimum absolute atomic E-state index is 0.0915. The van der Waals surface area contributed by atoms with Crippen LogP contribution in [0.2, 0.25) is 0 Å². The van der Waals surface area contributed by atoms with Gasteiger partial charge in [-0.3, -0.25) is 4.55 Å². The van der Waals surface area contributed by atoms with Crippen molar-refractivity contribution in [1.29, 1.82) is 0 Å². The average molecular weight is 240 g/mol. The summed E-state index contributed by atoms with van der Waals surface area (Å²) in [7, 11) is -4.13. The van der Waals surface area contributed by atoms with E-state index >= 15 is 0 Å². The molecular weight excluding hydrogens is 228 g/mol. The lowest BCUT2D eigenvalue weighted by Crippen LogP contribution is -2.10. The topological polar surface area (TPSA) is 63.6 Å². The fourth-order valence-electron chi connectivity index (χ4n) is 2.67. The molecule has 1 aliphatic carbocycles. The Labute approximate surface area is 94.0 Å². The molecule has 1 aromatic carbocycles. The molecule has 0 saturated heterocycles. The minimum atomic E-state index is -4.13. The van der Waals surface area contributed by atoms with Gasteiger partial charge in [0, 0.05) is 17.5 Å². The number of fused-ring (bicyclic) bond motifs is 3. The maximum atomic E-state index is 11.0. The van der Waals surface area contributed by atoms with Gasteiger partial charge in [-0.2, -0.15) is 8.42 Å². The second-order valence-corrected chi connectivity index (χ2v) is 5.79. The third kappa shape index (κ3) is 1.43. The van der Waals surface area contributed by atoms with Crippen molar-refractivity contribution in [2.45, 2.75) is 36.2 Å². The van der Waals surface area contributed by atoms with Crippen molar-refractivity contribution >= 4 is 10.1 Å². The highest BCUT2D eigenvalue weighted by molar-refractivity contribution is 7.85. The van der Waals surface area contributed by atoms with Crippen LogP contribution in [-0.2, 0) is 10.1 Å². The summed E-state index contributed by atoms with van der Waals surface area (Å²) in [6.07, 6.45) is 3.49. The lowest BCUT2D eigenvalue weighted by Gasteiger charge is -2.06. The molecule has 1 N–H and O–H groups in total. The summed E-state index contributed by atoms with van der Waals surface area (Å²) in [6, 6.07) is 4.62. The fourth-order valence-corrected chi connectivity index (χ4v) is 3.17. The lowest BCUT2D eigenvalue weighted by molar-refractivity contribution is 0.224. The molecular formula is C11H12O4S. The predicted octanol–water partition coefficient (Wildman–Crippen LogP) is 1.96. The predicted molar refractivity (Wildman–Crippen MR) is 57.3 cm³/mol. The summed E-state index contributed by atoms with van der Waals surface area (Å²) in [6.45, 7) is 0. The fraction of sp³-hybridized carbons (Fsp3) is 0.455. The highest BCUT2D eigenvalue weighted by Crippen LogP contribution is 2.47. The van der Waals surface area contributed by atoms with Crippen molar-refractivity contribution in [3.63, 3.8) is 0 Å². The van der Waals surface area contributed by atoms with Crippen LogP contribution in [0.5, 0.6) is 5.75 Å². The zero-order valence-corrected chi connectivity index (χ0v) is 9.40. The van der Waals surface area contributed by atoms with Crippen LogP contribution in [0.15, 0.2) is 23.1 Å². The van der Waals surface area contributed by atoms with Gasteiger partial charge in [0.15, 0.2) is 0 Å². The van der Waals surface area contributed by atoms with Gasteiger partial charge in [-0.25, -0.2) is 0 Å². The van der Waals surface area contributed by atoms with Gasteiger partial charge in [0.2, 0.25) is 0 Å². The van der Waals surface area contributed by atoms with E-state index in [1.807, 2.05) is 0 Å². The molecule has 2 aliphatic rings. The third-order valence-corrected chi connectivity index (χ3v) is 4.26. The molecule has 86 valence electrons. The van der Waals surface area contributed by atoms with Gasteiger partial charge in [-0.1, -0.05) is 6.07 Å². The molecule has 3 rings (SSSR count). The van der Waals surface area contributed by atoms with E-state index in [9.17, 15) is 8.42 Å². The van der Waals surface area contributed by atoms with Gasteiger partial charge < -0.3 is 4.74 Å². The summed E-state index contributed by atoms with van der Waals surface area (Å²) in [5.41, 5.74) is 1.08. The van der Waals surface area contributed by atoms with Gasteiger partial charge in [-0.05, 0) is 25.3 Å². The van der Waals surface area contributed by atoms with Crippen molar-refractivity contribution in [3.8, 4) is 5.75 Å². The van der Waals surface area contributed by atoms with Gasteiger partial charge in [0.25, 0.3) is 10.1 Å². The van der Waals surface area contributed by atoms with Crippen LogP contribution in [0.4, 0.5) is 0 Å². The molecule has 0 spiro atoms. The largest absolute Gasteiger partial charge is 0.489 e. The molecule has 5 heteroatoms. The molecule has 1 aliphatic heterocycles. The van der Waals surface area contributed by atoms with E-state index in [2.05, 4.69) is 0 Å². The summed E-state index contributed by atoms with van der Waals surface area (Å²) in [5.74, 6) is 1.02. The summed E-state index contributed by atoms with van der Waals surface area (Å²) >= 11 is 0. The number of ether oxygens (including phenoxy) is 1. The Morgan fingerprint density at radius 2 is 2.12 bits per heavy atom. The molecule has 0 radical (unpaired) electrons. The third-order valence-electron chi connectivity index (χ3n) is 3.41. The van der Waals surface area contributed by atoms with Gasteiger partial charge in [-0.15, -0.1) is 0 Å². The number of hydrogen-bond donors (Lipinski definition) is 1. The van der Waals surface area contributed by atoms with E-state index in [1.165, 1.54) is 12.1 Å². The normalized spacial score (nSPS) is 27.3. The molecule has 16 heavy (non-hydrogen) atoms. The Bertz CT molecular complexity index is 535. The Morgan fingerprint density at radius 3 is 2.88 bits per heavy atom. The van der Waals surface area contributed by atoms with Crippen molar-refractivity contribution in [3.05, 3.63) is 23.8 Å². The van der Waals surface area contributed by atoms with Gasteiger partial charge in [0.05, 0.1) is 4.90 Å². The van der Waals surface area contributed by atoms with Gasteiger partial charge >= 0.3 is 0 Å². The van der Waals surface area contributed by atoms with E-state index in [-0.39, 0.29) is 11.0 Å². The van der Waals surface area contributed by atoms with E-state index in [4.69, 9.17) is 9.29 Å². The first-order chi connectivity index (χ1) is 7.55. The van der Waals surface area contributed by atoms with Crippen molar-refractivity contribution < 1.29 is 17.7 Å². The molecule has 1 saturated carbocycles. The molecule has 2 unspecified atom stereocenters. The summed E-state index contributed by atoms with van der Waals surface area (Å²) in [5, 5.41) is 0. The van der Waals surface area contributed by atoms with Crippen LogP contribution in [-0.4, -0.2) is 19.1 Å². The van der Waals surface area contributed by atoms with Crippen LogP contribution in [0.1, 0.15) is 30.7 Å².